The minimum Gasteiger partial charge on any atom is -0.316 e. The number of piperidine rings is 1. The molecule has 1 saturated heterocycles. The van der Waals surface area contributed by atoms with Crippen LogP contribution in [0.25, 0.3) is 0 Å². The summed E-state index contributed by atoms with van der Waals surface area (Å²) < 4.78 is 38.4. The molecule has 2 rings (SSSR count). The minimum absolute atomic E-state index is 0. The van der Waals surface area contributed by atoms with E-state index in [9.17, 15) is 13.2 Å². The summed E-state index contributed by atoms with van der Waals surface area (Å²) in [6.07, 6.45) is -1.65. The first-order valence-corrected chi connectivity index (χ1v) is 5.93. The lowest BCUT2D eigenvalue weighted by Crippen LogP contribution is -2.31. The maximum Gasteiger partial charge on any atom is 0.416 e. The number of hydrogen-bond acceptors (Lipinski definition) is 1. The van der Waals surface area contributed by atoms with Crippen molar-refractivity contribution < 1.29 is 13.2 Å². The van der Waals surface area contributed by atoms with Crippen LogP contribution in [0.2, 0.25) is 0 Å². The number of hydrogen-bond donors (Lipinski definition) is 1. The Hall–Kier alpha value is -0.740. The molecule has 1 fully saturated rings. The lowest BCUT2D eigenvalue weighted by Gasteiger charge is -2.24. The van der Waals surface area contributed by atoms with E-state index < -0.39 is 11.7 Å². The molecule has 0 bridgehead atoms. The van der Waals surface area contributed by atoms with E-state index in [-0.39, 0.29) is 12.4 Å². The summed E-state index contributed by atoms with van der Waals surface area (Å²) in [4.78, 5) is 0. The molecule has 0 saturated carbocycles. The first kappa shape index (κ1) is 15.3. The van der Waals surface area contributed by atoms with Crippen molar-refractivity contribution in [1.82, 2.24) is 5.32 Å². The van der Waals surface area contributed by atoms with Gasteiger partial charge in [0.1, 0.15) is 0 Å². The summed E-state index contributed by atoms with van der Waals surface area (Å²) in [5.74, 6) is 0.326. The molecule has 1 aliphatic heterocycles. The SMILES string of the molecule is Cl.FC(F)(F)c1ccccc1CC1CCCNC1. The molecule has 1 N–H and O–H groups in total. The van der Waals surface area contributed by atoms with Gasteiger partial charge < -0.3 is 5.32 Å². The maximum atomic E-state index is 12.8. The average molecular weight is 280 g/mol. The van der Waals surface area contributed by atoms with E-state index in [4.69, 9.17) is 0 Å². The molecule has 0 aliphatic carbocycles. The second-order valence-electron chi connectivity index (χ2n) is 4.57. The number of rotatable bonds is 2. The van der Waals surface area contributed by atoms with Gasteiger partial charge in [0, 0.05) is 0 Å². The predicted octanol–water partition coefficient (Wildman–Crippen LogP) is 3.67. The monoisotopic (exact) mass is 279 g/mol. The van der Waals surface area contributed by atoms with Gasteiger partial charge in [-0.25, -0.2) is 0 Å². The number of nitrogens with one attached hydrogen (secondary N) is 1. The van der Waals surface area contributed by atoms with Crippen molar-refractivity contribution in [1.29, 1.82) is 0 Å². The van der Waals surface area contributed by atoms with E-state index >= 15 is 0 Å². The van der Waals surface area contributed by atoms with Crippen LogP contribution in [0.15, 0.2) is 24.3 Å². The standard InChI is InChI=1S/C13H16F3N.ClH/c14-13(15,16)12-6-2-1-5-11(12)8-10-4-3-7-17-9-10;/h1-2,5-6,10,17H,3-4,7-9H2;1H. The van der Waals surface area contributed by atoms with Crippen LogP contribution in [0.3, 0.4) is 0 Å². The van der Waals surface area contributed by atoms with Gasteiger partial charge in [-0.15, -0.1) is 12.4 Å². The molecule has 1 aromatic rings. The van der Waals surface area contributed by atoms with Crippen LogP contribution in [0.5, 0.6) is 0 Å². The van der Waals surface area contributed by atoms with Crippen molar-refractivity contribution in [2.75, 3.05) is 13.1 Å². The van der Waals surface area contributed by atoms with Crippen molar-refractivity contribution in [3.05, 3.63) is 35.4 Å². The highest BCUT2D eigenvalue weighted by atomic mass is 35.5. The summed E-state index contributed by atoms with van der Waals surface area (Å²) in [5, 5.41) is 3.23. The van der Waals surface area contributed by atoms with E-state index in [1.807, 2.05) is 0 Å². The van der Waals surface area contributed by atoms with Gasteiger partial charge in [-0.3, -0.25) is 0 Å². The van der Waals surface area contributed by atoms with Gasteiger partial charge in [-0.1, -0.05) is 18.2 Å². The van der Waals surface area contributed by atoms with E-state index in [1.54, 1.807) is 12.1 Å². The smallest absolute Gasteiger partial charge is 0.316 e. The lowest BCUT2D eigenvalue weighted by molar-refractivity contribution is -0.138. The predicted molar refractivity (Wildman–Crippen MR) is 68.0 cm³/mol. The molecule has 1 atom stereocenters. The molecule has 102 valence electrons. The molecule has 5 heteroatoms. The first-order chi connectivity index (χ1) is 8.07. The van der Waals surface area contributed by atoms with E-state index in [0.29, 0.717) is 17.9 Å². The molecule has 18 heavy (non-hydrogen) atoms. The normalized spacial score (nSPS) is 20.3. The van der Waals surface area contributed by atoms with Gasteiger partial charge in [0.15, 0.2) is 0 Å². The van der Waals surface area contributed by atoms with Crippen LogP contribution >= 0.6 is 12.4 Å². The van der Waals surface area contributed by atoms with Crippen molar-refractivity contribution in [2.24, 2.45) is 5.92 Å². The minimum atomic E-state index is -4.24. The fourth-order valence-electron chi connectivity index (χ4n) is 2.38. The highest BCUT2D eigenvalue weighted by molar-refractivity contribution is 5.85. The molecule has 0 amide bonds. The zero-order chi connectivity index (χ0) is 12.3. The van der Waals surface area contributed by atoms with Crippen LogP contribution in [0.4, 0.5) is 13.2 Å². The van der Waals surface area contributed by atoms with Gasteiger partial charge in [-0.2, -0.15) is 13.2 Å². The second-order valence-corrected chi connectivity index (χ2v) is 4.57. The third kappa shape index (κ3) is 3.89. The fraction of sp³-hybridized carbons (Fsp3) is 0.538. The molecule has 0 aromatic heterocycles. The summed E-state index contributed by atoms with van der Waals surface area (Å²) in [7, 11) is 0. The topological polar surface area (TPSA) is 12.0 Å². The second kappa shape index (κ2) is 6.43. The highest BCUT2D eigenvalue weighted by Crippen LogP contribution is 2.33. The van der Waals surface area contributed by atoms with Gasteiger partial charge in [0.25, 0.3) is 0 Å². The van der Waals surface area contributed by atoms with Crippen molar-refractivity contribution in [2.45, 2.75) is 25.4 Å². The van der Waals surface area contributed by atoms with E-state index in [2.05, 4.69) is 5.32 Å². The molecule has 1 aromatic carbocycles. The van der Waals surface area contributed by atoms with Crippen LogP contribution in [-0.2, 0) is 12.6 Å². The summed E-state index contributed by atoms with van der Waals surface area (Å²) in [6.45, 7) is 1.81. The summed E-state index contributed by atoms with van der Waals surface area (Å²) in [6, 6.07) is 5.90. The average Bonchev–Trinajstić information content (AvgIpc) is 2.30. The zero-order valence-corrected chi connectivity index (χ0v) is 10.8. The van der Waals surface area contributed by atoms with Crippen LogP contribution in [0.1, 0.15) is 24.0 Å². The van der Waals surface area contributed by atoms with Gasteiger partial charge in [-0.05, 0) is 49.9 Å². The van der Waals surface area contributed by atoms with Crippen molar-refractivity contribution >= 4 is 12.4 Å². The Bertz CT molecular complexity index is 373. The molecule has 1 heterocycles. The summed E-state index contributed by atoms with van der Waals surface area (Å²) >= 11 is 0. The number of benzene rings is 1. The van der Waals surface area contributed by atoms with Crippen molar-refractivity contribution in [3.63, 3.8) is 0 Å². The summed E-state index contributed by atoms with van der Waals surface area (Å²) in [5.41, 5.74) is -0.0562. The Morgan fingerprint density at radius 1 is 1.22 bits per heavy atom. The van der Waals surface area contributed by atoms with Gasteiger partial charge in [0.05, 0.1) is 5.56 Å². The Morgan fingerprint density at radius 3 is 2.56 bits per heavy atom. The molecule has 0 radical (unpaired) electrons. The van der Waals surface area contributed by atoms with Gasteiger partial charge >= 0.3 is 6.18 Å². The number of alkyl halides is 3. The Labute approximate surface area is 111 Å². The van der Waals surface area contributed by atoms with Crippen LogP contribution in [0, 0.1) is 5.92 Å². The molecular formula is C13H17ClF3N. The molecule has 0 spiro atoms. The quantitative estimate of drug-likeness (QED) is 0.871. The van der Waals surface area contributed by atoms with Gasteiger partial charge in [0.2, 0.25) is 0 Å². The van der Waals surface area contributed by atoms with Crippen LogP contribution < -0.4 is 5.32 Å². The Morgan fingerprint density at radius 2 is 1.94 bits per heavy atom. The molecule has 1 nitrogen and oxygen atoms in total. The Balaban J connectivity index is 0.00000162. The maximum absolute atomic E-state index is 12.8. The first-order valence-electron chi connectivity index (χ1n) is 5.93. The fourth-order valence-corrected chi connectivity index (χ4v) is 2.38. The lowest BCUT2D eigenvalue weighted by atomic mass is 9.90. The molecule has 1 unspecified atom stereocenters. The zero-order valence-electron chi connectivity index (χ0n) is 9.96. The third-order valence-corrected chi connectivity index (χ3v) is 3.23. The molecule has 1 aliphatic rings. The highest BCUT2D eigenvalue weighted by Gasteiger charge is 2.33. The largest absolute Gasteiger partial charge is 0.416 e. The van der Waals surface area contributed by atoms with E-state index in [1.165, 1.54) is 12.1 Å². The number of halogens is 4. The van der Waals surface area contributed by atoms with E-state index in [0.717, 1.165) is 25.9 Å². The third-order valence-electron chi connectivity index (χ3n) is 3.23. The van der Waals surface area contributed by atoms with Crippen LogP contribution in [-0.4, -0.2) is 13.1 Å². The van der Waals surface area contributed by atoms with Crippen molar-refractivity contribution in [3.8, 4) is 0 Å². The molecular weight excluding hydrogens is 263 g/mol. The Kier molecular flexibility index (Phi) is 5.47.